The lowest BCUT2D eigenvalue weighted by atomic mass is 9.68. The first-order valence-corrected chi connectivity index (χ1v) is 15.8. The average molecular weight is 586 g/mol. The molecule has 0 N–H and O–H groups in total. The summed E-state index contributed by atoms with van der Waals surface area (Å²) in [6.07, 6.45) is 0. The van der Waals surface area contributed by atoms with Crippen LogP contribution in [-0.4, -0.2) is 14.5 Å². The summed E-state index contributed by atoms with van der Waals surface area (Å²) in [5.41, 5.74) is 9.83. The second-order valence-electron chi connectivity index (χ2n) is 12.9. The highest BCUT2D eigenvalue weighted by Crippen LogP contribution is 2.52. The summed E-state index contributed by atoms with van der Waals surface area (Å²) in [5.74, 6) is 0.666. The Kier molecular flexibility index (Phi) is 4.98. The van der Waals surface area contributed by atoms with Crippen LogP contribution in [0.1, 0.15) is 25.0 Å². The molecule has 0 radical (unpaired) electrons. The van der Waals surface area contributed by atoms with Gasteiger partial charge in [-0.2, -0.15) is 0 Å². The Morgan fingerprint density at radius 2 is 1.41 bits per heavy atom. The monoisotopic (exact) mass is 585 g/mol. The minimum absolute atomic E-state index is 0.215. The molecule has 0 fully saturated rings. The fourth-order valence-electron chi connectivity index (χ4n) is 7.82. The number of nitrogens with zero attached hydrogens (tertiary/aromatic N) is 3. The van der Waals surface area contributed by atoms with Gasteiger partial charge < -0.3 is 0 Å². The first-order chi connectivity index (χ1) is 22.6. The molecule has 7 aromatic carbocycles. The number of para-hydroxylation sites is 2. The summed E-state index contributed by atoms with van der Waals surface area (Å²) >= 11 is 0. The van der Waals surface area contributed by atoms with E-state index in [9.17, 15) is 0 Å². The van der Waals surface area contributed by atoms with E-state index in [1.807, 2.05) is 0 Å². The van der Waals surface area contributed by atoms with Crippen LogP contribution in [0.3, 0.4) is 0 Å². The van der Waals surface area contributed by atoms with E-state index in [1.54, 1.807) is 0 Å². The number of fused-ring (bicyclic) bond motifs is 8. The number of aromatic nitrogens is 3. The Morgan fingerprint density at radius 1 is 0.652 bits per heavy atom. The molecule has 2 aromatic heterocycles. The van der Waals surface area contributed by atoms with Crippen LogP contribution in [-0.2, 0) is 5.41 Å². The van der Waals surface area contributed by atoms with Crippen molar-refractivity contribution in [1.29, 1.82) is 0 Å². The molecule has 9 aromatic rings. The van der Waals surface area contributed by atoms with Crippen LogP contribution in [0.2, 0.25) is 0 Å². The second-order valence-corrected chi connectivity index (χ2v) is 12.9. The van der Waals surface area contributed by atoms with Crippen LogP contribution in [0, 0.1) is 12.1 Å². The van der Waals surface area contributed by atoms with Crippen LogP contribution in [0.4, 0.5) is 0 Å². The summed E-state index contributed by atoms with van der Waals surface area (Å²) in [5, 5.41) is 8.21. The van der Waals surface area contributed by atoms with Crippen molar-refractivity contribution in [3.05, 3.63) is 151 Å². The average Bonchev–Trinajstić information content (AvgIpc) is 3.43. The standard InChI is InChI=1S/C43H27N3/c1-43(2)34-18-8-5-16-31(34)39-38-28(14-11-19-35(38)43)25-33-30-15-7-10-21-37(30)46(41(33)39)42-44-36-20-9-6-17-32(36)40(45-42)29-23-22-26-12-3-4-13-27(26)24-29/h3-10,12-18,20-25H,1-2H3. The van der Waals surface area contributed by atoms with Gasteiger partial charge in [-0.15, -0.1) is 0 Å². The molecular weight excluding hydrogens is 558 g/mol. The first-order valence-electron chi connectivity index (χ1n) is 15.8. The molecule has 0 bridgehead atoms. The molecule has 0 atom stereocenters. The minimum atomic E-state index is -0.215. The summed E-state index contributed by atoms with van der Waals surface area (Å²) in [6, 6.07) is 52.2. The molecule has 0 unspecified atom stereocenters. The van der Waals surface area contributed by atoms with E-state index in [0.29, 0.717) is 5.95 Å². The van der Waals surface area contributed by atoms with Gasteiger partial charge in [0.2, 0.25) is 5.95 Å². The van der Waals surface area contributed by atoms with Crippen molar-refractivity contribution in [1.82, 2.24) is 14.5 Å². The zero-order chi connectivity index (χ0) is 30.6. The van der Waals surface area contributed by atoms with Gasteiger partial charge in [0.05, 0.1) is 22.2 Å². The highest BCUT2D eigenvalue weighted by atomic mass is 15.2. The smallest absolute Gasteiger partial charge is 0.235 e. The van der Waals surface area contributed by atoms with Crippen molar-refractivity contribution in [3.63, 3.8) is 0 Å². The third-order valence-electron chi connectivity index (χ3n) is 9.97. The largest absolute Gasteiger partial charge is 0.277 e. The van der Waals surface area contributed by atoms with E-state index in [0.717, 1.165) is 33.2 Å². The predicted octanol–water partition coefficient (Wildman–Crippen LogP) is 10.6. The molecule has 10 rings (SSSR count). The third-order valence-corrected chi connectivity index (χ3v) is 9.97. The van der Waals surface area contributed by atoms with Crippen molar-refractivity contribution in [2.75, 3.05) is 0 Å². The summed E-state index contributed by atoms with van der Waals surface area (Å²) in [4.78, 5) is 10.7. The molecule has 0 aliphatic heterocycles. The molecule has 0 amide bonds. The quantitative estimate of drug-likeness (QED) is 0.202. The van der Waals surface area contributed by atoms with Gasteiger partial charge in [0.25, 0.3) is 0 Å². The van der Waals surface area contributed by atoms with Crippen molar-refractivity contribution in [2.45, 2.75) is 19.3 Å². The van der Waals surface area contributed by atoms with E-state index in [4.69, 9.17) is 9.97 Å². The maximum Gasteiger partial charge on any atom is 0.235 e. The van der Waals surface area contributed by atoms with Crippen LogP contribution < -0.4 is 0 Å². The fourth-order valence-corrected chi connectivity index (χ4v) is 7.82. The maximum absolute atomic E-state index is 5.44. The van der Waals surface area contributed by atoms with Crippen LogP contribution in [0.25, 0.3) is 82.6 Å². The molecule has 1 aliphatic rings. The lowest BCUT2D eigenvalue weighted by Gasteiger charge is -2.34. The summed E-state index contributed by atoms with van der Waals surface area (Å²) in [7, 11) is 0. The van der Waals surface area contributed by atoms with Crippen molar-refractivity contribution in [2.24, 2.45) is 0 Å². The zero-order valence-electron chi connectivity index (χ0n) is 25.5. The molecule has 0 spiro atoms. The van der Waals surface area contributed by atoms with Gasteiger partial charge in [-0.25, -0.2) is 9.97 Å². The topological polar surface area (TPSA) is 30.7 Å². The van der Waals surface area contributed by atoms with E-state index >= 15 is 0 Å². The van der Waals surface area contributed by atoms with Gasteiger partial charge in [0, 0.05) is 43.7 Å². The van der Waals surface area contributed by atoms with E-state index < -0.39 is 0 Å². The lowest BCUT2D eigenvalue weighted by molar-refractivity contribution is 0.645. The summed E-state index contributed by atoms with van der Waals surface area (Å²) in [6.45, 7) is 4.60. The maximum atomic E-state index is 5.44. The molecule has 0 saturated heterocycles. The Bertz CT molecular complexity index is 2730. The molecule has 1 aliphatic carbocycles. The Morgan fingerprint density at radius 3 is 2.33 bits per heavy atom. The third kappa shape index (κ3) is 3.33. The SMILES string of the molecule is CC1(C)c2ccccc2-c2c3c1c#ccc3cc1c3ccccc3n(-c3nc(-c4ccc5ccccc5c4)c4ccccc4n3)c21. The number of benzene rings is 6. The van der Waals surface area contributed by atoms with E-state index in [-0.39, 0.29) is 5.41 Å². The molecule has 2 heterocycles. The predicted molar refractivity (Wildman–Crippen MR) is 190 cm³/mol. The number of hydrogen-bond donors (Lipinski definition) is 0. The highest BCUT2D eigenvalue weighted by Gasteiger charge is 2.36. The van der Waals surface area contributed by atoms with Crippen LogP contribution in [0.15, 0.2) is 127 Å². The second kappa shape index (κ2) is 9.03. The van der Waals surface area contributed by atoms with Crippen LogP contribution in [0.5, 0.6) is 0 Å². The van der Waals surface area contributed by atoms with Gasteiger partial charge in [0.1, 0.15) is 0 Å². The normalized spacial score (nSPS) is 13.4. The molecule has 3 heteroatoms. The van der Waals surface area contributed by atoms with Crippen LogP contribution >= 0.6 is 0 Å². The number of rotatable bonds is 2. The number of hydrogen-bond acceptors (Lipinski definition) is 2. The zero-order valence-corrected chi connectivity index (χ0v) is 25.5. The van der Waals surface area contributed by atoms with E-state index in [2.05, 4.69) is 158 Å². The highest BCUT2D eigenvalue weighted by molar-refractivity contribution is 6.22. The van der Waals surface area contributed by atoms with Crippen molar-refractivity contribution >= 4 is 54.3 Å². The lowest BCUT2D eigenvalue weighted by Crippen LogP contribution is -2.23. The molecule has 3 nitrogen and oxygen atoms in total. The Hall–Kier alpha value is -5.98. The van der Waals surface area contributed by atoms with E-state index in [1.165, 1.54) is 54.6 Å². The van der Waals surface area contributed by atoms with Crippen molar-refractivity contribution < 1.29 is 0 Å². The molecular formula is C43H27N3. The van der Waals surface area contributed by atoms with Gasteiger partial charge in [-0.05, 0) is 57.6 Å². The molecule has 0 saturated carbocycles. The van der Waals surface area contributed by atoms with Gasteiger partial charge in [-0.3, -0.25) is 4.57 Å². The Balaban J connectivity index is 1.39. The minimum Gasteiger partial charge on any atom is -0.277 e. The van der Waals surface area contributed by atoms with Gasteiger partial charge in [0.15, 0.2) is 0 Å². The fraction of sp³-hybridized carbons (Fsp3) is 0.0698. The van der Waals surface area contributed by atoms with Crippen molar-refractivity contribution in [3.8, 4) is 28.3 Å². The van der Waals surface area contributed by atoms with Gasteiger partial charge >= 0.3 is 0 Å². The Labute approximate surface area is 266 Å². The molecule has 46 heavy (non-hydrogen) atoms. The molecule has 214 valence electrons. The first kappa shape index (κ1) is 25.4. The van der Waals surface area contributed by atoms with Gasteiger partial charge in [-0.1, -0.05) is 123 Å². The summed E-state index contributed by atoms with van der Waals surface area (Å²) < 4.78 is 2.30.